The van der Waals surface area contributed by atoms with Gasteiger partial charge >= 0.3 is 16.5 Å². The zero-order chi connectivity index (χ0) is 28.4. The Morgan fingerprint density at radius 1 is 0.538 bits per heavy atom. The van der Waals surface area contributed by atoms with E-state index in [1.807, 2.05) is 88.4 Å². The summed E-state index contributed by atoms with van der Waals surface area (Å²) in [5, 5.41) is 0. The van der Waals surface area contributed by atoms with E-state index in [9.17, 15) is 9.13 Å². The molecule has 8 heteroatoms. The van der Waals surface area contributed by atoms with E-state index >= 15 is 0 Å². The lowest BCUT2D eigenvalue weighted by molar-refractivity contribution is 0.347. The van der Waals surface area contributed by atoms with Gasteiger partial charge < -0.3 is 0 Å². The summed E-state index contributed by atoms with van der Waals surface area (Å²) in [5.74, 6) is 1.79. The molecule has 2 unspecified atom stereocenters. The third kappa shape index (κ3) is 9.30. The Balaban J connectivity index is 0.000000272. The van der Waals surface area contributed by atoms with Crippen LogP contribution in [-0.2, 0) is 20.1 Å². The molecule has 6 nitrogen and oxygen atoms in total. The van der Waals surface area contributed by atoms with Gasteiger partial charge in [-0.05, 0) is 86.6 Å². The van der Waals surface area contributed by atoms with E-state index in [-0.39, 0.29) is 0 Å². The Morgan fingerprint density at radius 3 is 1.38 bits per heavy atom. The first kappa shape index (κ1) is 30.0. The molecule has 0 aliphatic heterocycles. The average molecular weight is 565 g/mol. The number of rotatable bonds is 9. The molecule has 0 spiro atoms. The first-order chi connectivity index (χ1) is 18.7. The molecule has 39 heavy (non-hydrogen) atoms. The van der Waals surface area contributed by atoms with Crippen molar-refractivity contribution in [2.75, 3.05) is 7.11 Å². The van der Waals surface area contributed by atoms with Crippen LogP contribution in [0.2, 0.25) is 0 Å². The van der Waals surface area contributed by atoms with E-state index in [0.29, 0.717) is 17.2 Å². The van der Waals surface area contributed by atoms with Crippen LogP contribution in [0, 0.1) is 34.6 Å². The lowest BCUT2D eigenvalue weighted by atomic mass is 10.0. The second-order valence-corrected chi connectivity index (χ2v) is 11.0. The third-order valence-corrected chi connectivity index (χ3v) is 7.25. The van der Waals surface area contributed by atoms with Gasteiger partial charge in [0, 0.05) is 9.13 Å². The summed E-state index contributed by atoms with van der Waals surface area (Å²) in [6.07, 6.45) is 0.853. The highest BCUT2D eigenvalue weighted by atomic mass is 31.1. The van der Waals surface area contributed by atoms with Crippen LogP contribution in [0.25, 0.3) is 0 Å². The number of benzene rings is 4. The van der Waals surface area contributed by atoms with Crippen molar-refractivity contribution in [1.29, 1.82) is 0 Å². The minimum Gasteiger partial charge on any atom is -0.229 e. The molecule has 0 aliphatic carbocycles. The first-order valence-electron chi connectivity index (χ1n) is 12.5. The first-order valence-corrected chi connectivity index (χ1v) is 14.6. The summed E-state index contributed by atoms with van der Waals surface area (Å²) in [5.41, 5.74) is 7.47. The van der Waals surface area contributed by atoms with Crippen LogP contribution >= 0.6 is 16.5 Å². The molecule has 0 aliphatic rings. The smallest absolute Gasteiger partial charge is 0.229 e. The molecular weight excluding hydrogens is 530 g/mol. The molecule has 0 bridgehead atoms. The highest BCUT2D eigenvalue weighted by Gasteiger charge is 2.26. The zero-order valence-corrected chi connectivity index (χ0v) is 24.9. The van der Waals surface area contributed by atoms with Gasteiger partial charge in [0.2, 0.25) is 0 Å². The Hall–Kier alpha value is -3.56. The summed E-state index contributed by atoms with van der Waals surface area (Å²) in [4.78, 5) is 0. The predicted molar refractivity (Wildman–Crippen MR) is 156 cm³/mol. The fourth-order valence-electron chi connectivity index (χ4n) is 3.79. The van der Waals surface area contributed by atoms with Crippen molar-refractivity contribution in [3.05, 3.63) is 124 Å². The molecule has 0 fully saturated rings. The van der Waals surface area contributed by atoms with Gasteiger partial charge in [0.05, 0.1) is 7.11 Å². The molecule has 0 saturated heterocycles. The van der Waals surface area contributed by atoms with E-state index in [4.69, 9.17) is 13.6 Å². The molecule has 0 aromatic heterocycles. The quantitative estimate of drug-likeness (QED) is 0.189. The summed E-state index contributed by atoms with van der Waals surface area (Å²) >= 11 is 0. The van der Waals surface area contributed by atoms with Crippen molar-refractivity contribution in [3.63, 3.8) is 0 Å². The molecule has 0 amide bonds. The Morgan fingerprint density at radius 2 is 0.949 bits per heavy atom. The van der Waals surface area contributed by atoms with E-state index in [0.717, 1.165) is 28.7 Å². The number of hydrogen-bond donors (Lipinski definition) is 0. The maximum Gasteiger partial charge on any atom is 0.805 e. The van der Waals surface area contributed by atoms with E-state index in [1.54, 1.807) is 0 Å². The SMILES string of the molecule is CO[P+](=O)Oc1c(C)cccc1C.Cc1ccc(Cc2ccc(O[P+](=O)Oc3c(C)cccc3C)cc2)cc1. The van der Waals surface area contributed by atoms with Crippen molar-refractivity contribution < 1.29 is 27.2 Å². The second kappa shape index (κ2) is 14.6. The van der Waals surface area contributed by atoms with Gasteiger partial charge in [0.1, 0.15) is 0 Å². The molecule has 202 valence electrons. The summed E-state index contributed by atoms with van der Waals surface area (Å²) in [6, 6.07) is 27.6. The highest BCUT2D eigenvalue weighted by molar-refractivity contribution is 7.34. The number of aryl methyl sites for hydroxylation is 5. The topological polar surface area (TPSA) is 71.1 Å². The molecule has 2 atom stereocenters. The molecule has 0 N–H and O–H groups in total. The lowest BCUT2D eigenvalue weighted by Gasteiger charge is -2.04. The Labute approximate surface area is 232 Å². The van der Waals surface area contributed by atoms with E-state index < -0.39 is 16.5 Å². The lowest BCUT2D eigenvalue weighted by Crippen LogP contribution is -1.94. The largest absolute Gasteiger partial charge is 0.805 e. The van der Waals surface area contributed by atoms with Crippen LogP contribution in [0.15, 0.2) is 84.9 Å². The molecule has 0 radical (unpaired) electrons. The van der Waals surface area contributed by atoms with Crippen molar-refractivity contribution in [2.24, 2.45) is 0 Å². The fourth-order valence-corrected chi connectivity index (χ4v) is 5.07. The van der Waals surface area contributed by atoms with Crippen molar-refractivity contribution >= 4 is 16.5 Å². The molecule has 0 saturated carbocycles. The monoisotopic (exact) mass is 564 g/mol. The van der Waals surface area contributed by atoms with Gasteiger partial charge in [-0.1, -0.05) is 78.4 Å². The van der Waals surface area contributed by atoms with Gasteiger partial charge in [0.15, 0.2) is 17.2 Å². The van der Waals surface area contributed by atoms with Gasteiger partial charge in [-0.15, -0.1) is 4.52 Å². The minimum atomic E-state index is -2.28. The van der Waals surface area contributed by atoms with E-state index in [1.165, 1.54) is 23.8 Å². The van der Waals surface area contributed by atoms with Crippen LogP contribution in [0.5, 0.6) is 17.2 Å². The molecule has 4 aromatic carbocycles. The molecule has 0 heterocycles. The van der Waals surface area contributed by atoms with Crippen LogP contribution in [-0.4, -0.2) is 7.11 Å². The molecular formula is C31H34O6P2+2. The van der Waals surface area contributed by atoms with Gasteiger partial charge in [-0.25, -0.2) is 13.6 Å². The van der Waals surface area contributed by atoms with E-state index in [2.05, 4.69) is 35.7 Å². The standard InChI is InChI=1S/C22H22O3P.C9H12O3P/c1-16-7-9-19(10-8-16)15-20-11-13-21(14-12-20)24-26(23)25-22-17(2)5-4-6-18(22)3;1-7-5-4-6-8(2)9(7)12-13(10)11-3/h4-14H,15H2,1-3H3;4-6H,1-3H3/q2*+1. The molecule has 4 aromatic rings. The normalized spacial score (nSPS) is 11.1. The van der Waals surface area contributed by atoms with Gasteiger partial charge in [-0.3, -0.25) is 0 Å². The van der Waals surface area contributed by atoms with Crippen molar-refractivity contribution in [3.8, 4) is 17.2 Å². The summed E-state index contributed by atoms with van der Waals surface area (Å²) in [7, 11) is -2.96. The van der Waals surface area contributed by atoms with Crippen LogP contribution in [0.3, 0.4) is 0 Å². The summed E-state index contributed by atoms with van der Waals surface area (Å²) < 4.78 is 43.8. The Bertz CT molecular complexity index is 1380. The number of hydrogen-bond acceptors (Lipinski definition) is 6. The number of para-hydroxylation sites is 2. The van der Waals surface area contributed by atoms with Gasteiger partial charge in [0.25, 0.3) is 0 Å². The predicted octanol–water partition coefficient (Wildman–Crippen LogP) is 9.30. The summed E-state index contributed by atoms with van der Waals surface area (Å²) in [6.45, 7) is 9.73. The maximum atomic E-state index is 12.2. The van der Waals surface area contributed by atoms with Crippen LogP contribution < -0.4 is 13.6 Å². The van der Waals surface area contributed by atoms with Crippen LogP contribution in [0.1, 0.15) is 38.9 Å². The average Bonchev–Trinajstić information content (AvgIpc) is 2.91. The Kier molecular flexibility index (Phi) is 11.2. The van der Waals surface area contributed by atoms with Gasteiger partial charge in [-0.2, -0.15) is 0 Å². The van der Waals surface area contributed by atoms with Crippen LogP contribution in [0.4, 0.5) is 0 Å². The van der Waals surface area contributed by atoms with Crippen molar-refractivity contribution in [2.45, 2.75) is 41.0 Å². The fraction of sp³-hybridized carbons (Fsp3) is 0.226. The zero-order valence-electron chi connectivity index (χ0n) is 23.1. The highest BCUT2D eigenvalue weighted by Crippen LogP contribution is 2.35. The minimum absolute atomic E-state index is 0.532. The van der Waals surface area contributed by atoms with Crippen molar-refractivity contribution in [1.82, 2.24) is 0 Å². The molecule has 4 rings (SSSR count). The second-order valence-electron chi connectivity index (χ2n) is 9.15. The third-order valence-electron chi connectivity index (χ3n) is 5.93. The maximum absolute atomic E-state index is 12.2.